The number of pyridine rings is 1. The molecule has 1 saturated heterocycles. The zero-order valence-electron chi connectivity index (χ0n) is 15.6. The van der Waals surface area contributed by atoms with E-state index < -0.39 is 46.5 Å². The summed E-state index contributed by atoms with van der Waals surface area (Å²) in [6, 6.07) is 1.34. The van der Waals surface area contributed by atoms with Crippen LogP contribution in [0.3, 0.4) is 0 Å². The first-order valence-electron chi connectivity index (χ1n) is 8.81. The van der Waals surface area contributed by atoms with Crippen LogP contribution in [0.4, 0.5) is 0 Å². The largest absolute Gasteiger partial charge is 0.469 e. The smallest absolute Gasteiger partial charge is 0.311 e. The van der Waals surface area contributed by atoms with E-state index >= 15 is 0 Å². The molecule has 2 aliphatic heterocycles. The molecular formula is C17H19BrN4O6S. The van der Waals surface area contributed by atoms with Crippen molar-refractivity contribution in [3.8, 4) is 0 Å². The quantitative estimate of drug-likeness (QED) is 0.596. The molecule has 0 aliphatic carbocycles. The van der Waals surface area contributed by atoms with Crippen LogP contribution in [0.25, 0.3) is 0 Å². The maximum absolute atomic E-state index is 13.5. The lowest BCUT2D eigenvalue weighted by atomic mass is 9.87. The number of hydrogen-bond donors (Lipinski definition) is 1. The predicted molar refractivity (Wildman–Crippen MR) is 103 cm³/mol. The molecule has 2 aromatic heterocycles. The first kappa shape index (κ1) is 20.3. The number of aliphatic hydroxyl groups excluding tert-OH is 1. The van der Waals surface area contributed by atoms with E-state index in [0.29, 0.717) is 10.2 Å². The van der Waals surface area contributed by atoms with Crippen molar-refractivity contribution >= 4 is 31.9 Å². The molecule has 0 aromatic carbocycles. The highest BCUT2D eigenvalue weighted by Crippen LogP contribution is 2.51. The summed E-state index contributed by atoms with van der Waals surface area (Å²) >= 11 is 3.20. The Balaban J connectivity index is 1.96. The molecule has 1 fully saturated rings. The molecule has 2 aromatic rings. The Morgan fingerprint density at radius 2 is 2.14 bits per heavy atom. The van der Waals surface area contributed by atoms with Crippen molar-refractivity contribution in [2.75, 3.05) is 13.7 Å². The van der Waals surface area contributed by atoms with Gasteiger partial charge in [-0.1, -0.05) is 0 Å². The van der Waals surface area contributed by atoms with Crippen LogP contribution in [-0.2, 0) is 33.1 Å². The number of aliphatic hydroxyl groups is 1. The van der Waals surface area contributed by atoms with Gasteiger partial charge in [0.15, 0.2) is 5.03 Å². The van der Waals surface area contributed by atoms with Gasteiger partial charge in [-0.3, -0.25) is 9.59 Å². The number of halogens is 1. The number of ether oxygens (including phenoxy) is 1. The number of aromatic nitrogens is 3. The van der Waals surface area contributed by atoms with Crippen molar-refractivity contribution in [1.82, 2.24) is 18.4 Å². The molecule has 4 atom stereocenters. The van der Waals surface area contributed by atoms with Gasteiger partial charge in [-0.2, -0.15) is 4.31 Å². The minimum atomic E-state index is -4.11. The second-order valence-corrected chi connectivity index (χ2v) is 9.79. The lowest BCUT2D eigenvalue weighted by molar-refractivity contribution is -0.148. The molecule has 0 unspecified atom stereocenters. The molecule has 2 aliphatic rings. The van der Waals surface area contributed by atoms with Crippen LogP contribution in [-0.4, -0.2) is 57.7 Å². The van der Waals surface area contributed by atoms with Gasteiger partial charge in [0.05, 0.1) is 29.9 Å². The fraction of sp³-hybridized carbons (Fsp3) is 0.471. The van der Waals surface area contributed by atoms with Gasteiger partial charge in [-0.25, -0.2) is 13.4 Å². The van der Waals surface area contributed by atoms with Gasteiger partial charge in [0.25, 0.3) is 15.6 Å². The Labute approximate surface area is 174 Å². The van der Waals surface area contributed by atoms with Crippen molar-refractivity contribution in [2.45, 2.75) is 23.7 Å². The third-order valence-electron chi connectivity index (χ3n) is 5.64. The van der Waals surface area contributed by atoms with Gasteiger partial charge in [0.1, 0.15) is 0 Å². The normalized spacial score (nSPS) is 26.3. The number of esters is 1. The van der Waals surface area contributed by atoms with Crippen LogP contribution in [0, 0.1) is 11.8 Å². The fourth-order valence-electron chi connectivity index (χ4n) is 4.39. The molecule has 0 spiro atoms. The number of nitrogens with zero attached hydrogens (tertiary/aromatic N) is 4. The van der Waals surface area contributed by atoms with Crippen molar-refractivity contribution in [1.29, 1.82) is 0 Å². The van der Waals surface area contributed by atoms with Crippen LogP contribution in [0.5, 0.6) is 0 Å². The summed E-state index contributed by atoms with van der Waals surface area (Å²) in [5.41, 5.74) is 0.0508. The van der Waals surface area contributed by atoms with Gasteiger partial charge in [-0.05, 0) is 28.1 Å². The van der Waals surface area contributed by atoms with Crippen LogP contribution in [0.15, 0.2) is 39.0 Å². The number of sulfonamides is 1. The number of fused-ring (bicyclic) bond motifs is 4. The van der Waals surface area contributed by atoms with E-state index in [2.05, 4.69) is 20.9 Å². The fourth-order valence-corrected chi connectivity index (χ4v) is 6.55. The SMILES string of the molecule is COC(=O)[C@H]1[C@H](CO)[C@H]2Cn3c(ccc(Br)c3=O)[C@@H]1N2S(=O)(=O)c1cn(C)cn1. The Kier molecular flexibility index (Phi) is 4.92. The molecule has 4 heterocycles. The highest BCUT2D eigenvalue weighted by atomic mass is 79.9. The minimum absolute atomic E-state index is 0.00882. The molecule has 1 N–H and O–H groups in total. The van der Waals surface area contributed by atoms with Crippen LogP contribution in [0.1, 0.15) is 11.7 Å². The van der Waals surface area contributed by atoms with Crippen molar-refractivity contribution in [3.63, 3.8) is 0 Å². The van der Waals surface area contributed by atoms with Crippen LogP contribution >= 0.6 is 15.9 Å². The van der Waals surface area contributed by atoms with Gasteiger partial charge in [0, 0.05) is 44.0 Å². The number of carbonyl (C=O) groups is 1. The highest BCUT2D eigenvalue weighted by molar-refractivity contribution is 9.10. The van der Waals surface area contributed by atoms with Crippen LogP contribution in [0.2, 0.25) is 0 Å². The summed E-state index contributed by atoms with van der Waals surface area (Å²) in [4.78, 5) is 29.3. The Morgan fingerprint density at radius 1 is 1.41 bits per heavy atom. The highest BCUT2D eigenvalue weighted by Gasteiger charge is 2.60. The number of hydrogen-bond acceptors (Lipinski definition) is 7. The molecule has 10 nitrogen and oxygen atoms in total. The molecule has 0 radical (unpaired) electrons. The molecular weight excluding hydrogens is 468 g/mol. The van der Waals surface area contributed by atoms with E-state index in [0.717, 1.165) is 0 Å². The maximum atomic E-state index is 13.5. The van der Waals surface area contributed by atoms with Gasteiger partial charge >= 0.3 is 5.97 Å². The van der Waals surface area contributed by atoms with Crippen molar-refractivity contribution in [3.05, 3.63) is 45.2 Å². The number of carbonyl (C=O) groups excluding carboxylic acids is 1. The summed E-state index contributed by atoms with van der Waals surface area (Å²) in [7, 11) is -1.24. The Bertz CT molecular complexity index is 1140. The van der Waals surface area contributed by atoms with E-state index in [9.17, 15) is 23.1 Å². The van der Waals surface area contributed by atoms with E-state index in [1.807, 2.05) is 0 Å². The van der Waals surface area contributed by atoms with Crippen molar-refractivity contribution < 1.29 is 23.1 Å². The molecule has 4 rings (SSSR count). The molecule has 2 bridgehead atoms. The van der Waals surface area contributed by atoms with Gasteiger partial charge < -0.3 is 19.0 Å². The molecule has 12 heteroatoms. The Hall–Kier alpha value is -2.02. The predicted octanol–water partition coefficient (Wildman–Crippen LogP) is -0.130. The standard InChI is InChI=1S/C17H19BrN4O6S/c1-20-6-13(19-8-20)29(26,27)22-12-5-21-11(4-3-10(18)16(21)24)15(22)14(9(12)7-23)17(25)28-2/h3-4,6,8-9,12,14-15,23H,5,7H2,1-2H3/t9-,12-,14+,15+/m1/s1. The van der Waals surface area contributed by atoms with Gasteiger partial charge in [0.2, 0.25) is 0 Å². The first-order valence-corrected chi connectivity index (χ1v) is 11.0. The number of imidazole rings is 1. The third-order valence-corrected chi connectivity index (χ3v) is 8.03. The lowest BCUT2D eigenvalue weighted by Crippen LogP contribution is -2.49. The average Bonchev–Trinajstić information content (AvgIpc) is 3.24. The maximum Gasteiger partial charge on any atom is 0.311 e. The number of aryl methyl sites for hydroxylation is 1. The summed E-state index contributed by atoms with van der Waals surface area (Å²) in [5.74, 6) is -2.33. The zero-order chi connectivity index (χ0) is 21.1. The van der Waals surface area contributed by atoms with E-state index in [-0.39, 0.29) is 17.1 Å². The van der Waals surface area contributed by atoms with Crippen molar-refractivity contribution in [2.24, 2.45) is 18.9 Å². The second kappa shape index (κ2) is 7.04. The first-order chi connectivity index (χ1) is 13.7. The van der Waals surface area contributed by atoms with E-state index in [4.69, 9.17) is 4.74 Å². The topological polar surface area (TPSA) is 124 Å². The molecule has 29 heavy (non-hydrogen) atoms. The lowest BCUT2D eigenvalue weighted by Gasteiger charge is -2.36. The monoisotopic (exact) mass is 486 g/mol. The van der Waals surface area contributed by atoms with Crippen LogP contribution < -0.4 is 5.56 Å². The third kappa shape index (κ3) is 2.88. The summed E-state index contributed by atoms with van der Waals surface area (Å²) in [6.45, 7) is -0.423. The van der Waals surface area contributed by atoms with E-state index in [1.165, 1.54) is 39.1 Å². The second-order valence-electron chi connectivity index (χ2n) is 7.14. The van der Waals surface area contributed by atoms with E-state index in [1.54, 1.807) is 13.1 Å². The zero-order valence-corrected chi connectivity index (χ0v) is 18.0. The number of methoxy groups -OCH3 is 1. The minimum Gasteiger partial charge on any atom is -0.469 e. The molecule has 156 valence electrons. The summed E-state index contributed by atoms with van der Waals surface area (Å²) < 4.78 is 36.4. The summed E-state index contributed by atoms with van der Waals surface area (Å²) in [6.07, 6.45) is 2.74. The average molecular weight is 487 g/mol. The Morgan fingerprint density at radius 3 is 2.72 bits per heavy atom. The molecule has 0 saturated carbocycles. The molecule has 0 amide bonds. The number of rotatable bonds is 4. The summed E-state index contributed by atoms with van der Waals surface area (Å²) in [5, 5.41) is 9.88. The van der Waals surface area contributed by atoms with Gasteiger partial charge in [-0.15, -0.1) is 0 Å².